The molecule has 0 amide bonds. The van der Waals surface area contributed by atoms with Crippen LogP contribution in [0.1, 0.15) is 6.85 Å². The molecular weight excluding hydrogens is 122 g/mol. The predicted molar refractivity (Wildman–Crippen MR) is 46.7 cm³/mol. The van der Waals surface area contributed by atoms with Gasteiger partial charge in [-0.3, -0.25) is 0 Å². The van der Waals surface area contributed by atoms with Gasteiger partial charge in [0.15, 0.2) is 0 Å². The maximum atomic E-state index is 7.51. The van der Waals surface area contributed by atoms with Gasteiger partial charge in [-0.2, -0.15) is 0 Å². The van der Waals surface area contributed by atoms with Crippen molar-refractivity contribution in [1.29, 1.82) is 0 Å². The maximum Gasteiger partial charge on any atom is 0.0644 e. The zero-order chi connectivity index (χ0) is 11.8. The van der Waals surface area contributed by atoms with E-state index in [2.05, 4.69) is 11.9 Å². The third kappa shape index (κ3) is 3.72. The average Bonchev–Trinajstić information content (AvgIpc) is 2.27. The maximum absolute atomic E-state index is 7.51. The molecule has 1 N–H and O–H groups in total. The quantitative estimate of drug-likeness (QED) is 0.455. The number of rotatable bonds is 5. The summed E-state index contributed by atoms with van der Waals surface area (Å²) in [6.07, 6.45) is 1.54. The van der Waals surface area contributed by atoms with Crippen molar-refractivity contribution in [3.8, 4) is 0 Å². The summed E-state index contributed by atoms with van der Waals surface area (Å²) >= 11 is 0. The molecular formula is C9H13N. The lowest BCUT2D eigenvalue weighted by molar-refractivity contribution is 0.938. The number of hydrogen-bond donors (Lipinski definition) is 1. The molecule has 0 bridgehead atoms. The van der Waals surface area contributed by atoms with Crippen molar-refractivity contribution in [2.45, 2.75) is 0 Å². The Balaban J connectivity index is 5.15. The molecule has 0 aromatic rings. The van der Waals surface area contributed by atoms with Crippen molar-refractivity contribution in [3.63, 3.8) is 0 Å². The van der Waals surface area contributed by atoms with E-state index in [4.69, 9.17) is 6.85 Å². The minimum Gasteiger partial charge on any atom is -0.382 e. The molecule has 1 heteroatoms. The van der Waals surface area contributed by atoms with Gasteiger partial charge >= 0.3 is 0 Å². The monoisotopic (exact) mass is 140 g/mol. The minimum atomic E-state index is -0.312. The molecule has 0 aromatic heterocycles. The van der Waals surface area contributed by atoms with Crippen molar-refractivity contribution in [2.75, 3.05) is 6.54 Å². The van der Waals surface area contributed by atoms with Crippen LogP contribution in [0.2, 0.25) is 0 Å². The van der Waals surface area contributed by atoms with E-state index in [1.54, 1.807) is 6.08 Å². The van der Waals surface area contributed by atoms with E-state index >= 15 is 0 Å². The van der Waals surface area contributed by atoms with Crippen molar-refractivity contribution in [2.24, 2.45) is 0 Å². The standard InChI is InChI=1S/C9H13N/c1-4-7-9(6-3)10-8-5-2/h4-7,10H,1-3,8H2/b9-7+/i1D,3D,4D,6D,7D/b4-1?,6-3?,9-7+. The highest BCUT2D eigenvalue weighted by atomic mass is 14.9. The Morgan fingerprint density at radius 1 is 1.70 bits per heavy atom. The summed E-state index contributed by atoms with van der Waals surface area (Å²) in [6.45, 7) is 5.29. The third-order valence-electron chi connectivity index (χ3n) is 0.765. The second-order valence-electron chi connectivity index (χ2n) is 1.46. The first-order valence-electron chi connectivity index (χ1n) is 5.40. The largest absolute Gasteiger partial charge is 0.382 e. The molecule has 0 aliphatic carbocycles. The van der Waals surface area contributed by atoms with Crippen LogP contribution in [-0.2, 0) is 0 Å². The molecule has 0 heterocycles. The molecule has 54 valence electrons. The predicted octanol–water partition coefficient (Wildman–Crippen LogP) is 2.02. The molecule has 1 nitrogen and oxygen atoms in total. The van der Waals surface area contributed by atoms with Gasteiger partial charge in [0.05, 0.1) is 6.85 Å². The lowest BCUT2D eigenvalue weighted by Gasteiger charge is -2.00. The number of nitrogens with one attached hydrogen (secondary N) is 1. The lowest BCUT2D eigenvalue weighted by Crippen LogP contribution is -2.10. The molecule has 0 rings (SSSR count). The van der Waals surface area contributed by atoms with Crippen LogP contribution in [0, 0.1) is 0 Å². The van der Waals surface area contributed by atoms with Crippen molar-refractivity contribution >= 4 is 0 Å². The fourth-order valence-corrected chi connectivity index (χ4v) is 0.378. The summed E-state index contributed by atoms with van der Waals surface area (Å²) < 4.78 is 35.9. The number of hydrogen-bond acceptors (Lipinski definition) is 1. The summed E-state index contributed by atoms with van der Waals surface area (Å²) in [5.41, 5.74) is 0.0541. The van der Waals surface area contributed by atoms with E-state index in [1.807, 2.05) is 0 Å². The second kappa shape index (κ2) is 5.89. The summed E-state index contributed by atoms with van der Waals surface area (Å²) in [4.78, 5) is 0. The Labute approximate surface area is 69.5 Å². The van der Waals surface area contributed by atoms with Crippen LogP contribution >= 0.6 is 0 Å². The van der Waals surface area contributed by atoms with Crippen LogP contribution < -0.4 is 5.32 Å². The molecule has 0 atom stereocenters. The molecule has 0 saturated heterocycles. The van der Waals surface area contributed by atoms with Gasteiger partial charge in [-0.05, 0) is 12.1 Å². The van der Waals surface area contributed by atoms with Crippen LogP contribution in [0.15, 0.2) is 49.6 Å². The molecule has 10 heavy (non-hydrogen) atoms. The Morgan fingerprint density at radius 2 is 2.60 bits per heavy atom. The van der Waals surface area contributed by atoms with Crippen LogP contribution in [0.25, 0.3) is 0 Å². The highest BCUT2D eigenvalue weighted by molar-refractivity contribution is 5.19. The summed E-state index contributed by atoms with van der Waals surface area (Å²) in [7, 11) is 0. The Kier molecular flexibility index (Phi) is 1.91. The van der Waals surface area contributed by atoms with Crippen molar-refractivity contribution in [3.05, 3.63) is 49.6 Å². The smallest absolute Gasteiger partial charge is 0.0644 e. The first-order chi connectivity index (χ1) is 7.08. The van der Waals surface area contributed by atoms with E-state index in [0.29, 0.717) is 6.54 Å². The normalized spacial score (nSPS) is 22.6. The van der Waals surface area contributed by atoms with Gasteiger partial charge in [-0.15, -0.1) is 6.58 Å². The zero-order valence-electron chi connectivity index (χ0n) is 10.6. The molecule has 0 fully saturated rings. The van der Waals surface area contributed by atoms with Crippen LogP contribution in [-0.4, -0.2) is 6.54 Å². The van der Waals surface area contributed by atoms with Gasteiger partial charge in [0.25, 0.3) is 0 Å². The lowest BCUT2D eigenvalue weighted by atomic mass is 10.4. The van der Waals surface area contributed by atoms with Gasteiger partial charge in [0.1, 0.15) is 0 Å². The highest BCUT2D eigenvalue weighted by Crippen LogP contribution is 1.88. The minimum absolute atomic E-state index is 0.0541. The molecule has 0 spiro atoms. The molecule has 0 unspecified atom stereocenters. The summed E-state index contributed by atoms with van der Waals surface area (Å²) in [5, 5.41) is 2.69. The molecule has 0 aliphatic rings. The Hall–Kier alpha value is -1.24. The summed E-state index contributed by atoms with van der Waals surface area (Å²) in [5.74, 6) is 0. The van der Waals surface area contributed by atoms with Gasteiger partial charge in [0, 0.05) is 12.2 Å². The molecule has 0 aromatic carbocycles. The zero-order valence-corrected chi connectivity index (χ0v) is 5.65. The highest BCUT2D eigenvalue weighted by Gasteiger charge is 1.82. The van der Waals surface area contributed by atoms with Gasteiger partial charge in [-0.25, -0.2) is 0 Å². The van der Waals surface area contributed by atoms with Crippen LogP contribution in [0.5, 0.6) is 0 Å². The Bertz CT molecular complexity index is 316. The average molecular weight is 140 g/mol. The second-order valence-corrected chi connectivity index (χ2v) is 1.46. The molecule has 0 saturated carbocycles. The molecule has 0 radical (unpaired) electrons. The van der Waals surface area contributed by atoms with Crippen LogP contribution in [0.4, 0.5) is 0 Å². The fourth-order valence-electron chi connectivity index (χ4n) is 0.378. The first-order valence-corrected chi connectivity index (χ1v) is 2.75. The van der Waals surface area contributed by atoms with Gasteiger partial charge < -0.3 is 5.32 Å². The van der Waals surface area contributed by atoms with Gasteiger partial charge in [0.2, 0.25) is 0 Å². The van der Waals surface area contributed by atoms with Crippen molar-refractivity contribution < 1.29 is 6.85 Å². The van der Waals surface area contributed by atoms with E-state index in [9.17, 15) is 0 Å². The third-order valence-corrected chi connectivity index (χ3v) is 0.765. The first kappa shape index (κ1) is 3.24. The topological polar surface area (TPSA) is 12.0 Å². The summed E-state index contributed by atoms with van der Waals surface area (Å²) in [6, 6.07) is -0.790. The van der Waals surface area contributed by atoms with E-state index in [1.165, 1.54) is 0 Å². The SMILES string of the molecule is [2H]C=C([2H])/C([2H])=C(/NCC=C)C([2H])=C[2H]. The number of allylic oxidation sites excluding steroid dienone is 3. The van der Waals surface area contributed by atoms with E-state index in [-0.39, 0.29) is 23.9 Å². The Morgan fingerprint density at radius 3 is 3.20 bits per heavy atom. The van der Waals surface area contributed by atoms with E-state index in [0.717, 1.165) is 13.1 Å². The van der Waals surface area contributed by atoms with Gasteiger partial charge in [-0.1, -0.05) is 25.2 Å². The van der Waals surface area contributed by atoms with Crippen molar-refractivity contribution in [1.82, 2.24) is 5.32 Å². The molecule has 0 aliphatic heterocycles. The van der Waals surface area contributed by atoms with Crippen LogP contribution in [0.3, 0.4) is 0 Å². The van der Waals surface area contributed by atoms with E-state index < -0.39 is 0 Å². The fraction of sp³-hybridized carbons (Fsp3) is 0.111.